The molecule has 0 rings (SSSR count). The fraction of sp³-hybridized carbons (Fsp3) is 0. The van der Waals surface area contributed by atoms with E-state index in [-0.39, 0.29) is 34.1 Å². The Morgan fingerprint density at radius 3 is 1.14 bits per heavy atom. The summed E-state index contributed by atoms with van der Waals surface area (Å²) in [5.74, 6) is 0. The van der Waals surface area contributed by atoms with Crippen molar-refractivity contribution < 1.29 is 51.7 Å². The van der Waals surface area contributed by atoms with Crippen LogP contribution >= 0.6 is 0 Å². The predicted octanol–water partition coefficient (Wildman–Crippen LogP) is -1.34. The standard InChI is InChI=1S/Cu.Fe.H2O4S/c;;1-5(2,3)4/h;;(H2,1,2,3,4)/q+2;;/p-2. The van der Waals surface area contributed by atoms with E-state index in [0.29, 0.717) is 0 Å². The van der Waals surface area contributed by atoms with E-state index >= 15 is 0 Å². The van der Waals surface area contributed by atoms with E-state index in [1.807, 2.05) is 0 Å². The van der Waals surface area contributed by atoms with Crippen molar-refractivity contribution in [1.82, 2.24) is 0 Å². The number of hydrogen-bond acceptors (Lipinski definition) is 4. The second kappa shape index (κ2) is 5.05. The molecule has 0 aromatic heterocycles. The Kier molecular flexibility index (Phi) is 11.3. The van der Waals surface area contributed by atoms with E-state index in [4.69, 9.17) is 17.5 Å². The third-order valence-electron chi connectivity index (χ3n) is 0. The van der Waals surface area contributed by atoms with E-state index < -0.39 is 10.4 Å². The van der Waals surface area contributed by atoms with Crippen molar-refractivity contribution in [1.29, 1.82) is 0 Å². The first-order valence-corrected chi connectivity index (χ1v) is 2.00. The largest absolute Gasteiger partial charge is 2.00 e. The molecule has 0 aromatic rings. The van der Waals surface area contributed by atoms with Gasteiger partial charge in [0.15, 0.2) is 0 Å². The van der Waals surface area contributed by atoms with Crippen molar-refractivity contribution >= 4 is 10.4 Å². The van der Waals surface area contributed by atoms with Crippen LogP contribution in [0.5, 0.6) is 0 Å². The maximum absolute atomic E-state index is 8.52. The fourth-order valence-electron chi connectivity index (χ4n) is 0. The Labute approximate surface area is 62.2 Å². The van der Waals surface area contributed by atoms with Crippen molar-refractivity contribution in [2.24, 2.45) is 0 Å². The molecule has 0 amide bonds. The smallest absolute Gasteiger partial charge is 0.759 e. The number of rotatable bonds is 0. The molecule has 0 bridgehead atoms. The molecule has 0 atom stereocenters. The summed E-state index contributed by atoms with van der Waals surface area (Å²) in [6.07, 6.45) is 0. The van der Waals surface area contributed by atoms with Gasteiger partial charge in [0, 0.05) is 27.5 Å². The molecule has 0 aliphatic carbocycles. The topological polar surface area (TPSA) is 80.3 Å². The Morgan fingerprint density at radius 1 is 1.14 bits per heavy atom. The second-order valence-corrected chi connectivity index (χ2v) is 1.22. The van der Waals surface area contributed by atoms with Crippen LogP contribution in [-0.4, -0.2) is 17.5 Å². The first kappa shape index (κ1) is 15.7. The molecule has 0 aliphatic heterocycles. The van der Waals surface area contributed by atoms with Crippen LogP contribution in [0, 0.1) is 0 Å². The molecule has 7 heteroatoms. The molecule has 0 spiro atoms. The first-order chi connectivity index (χ1) is 2.00. The van der Waals surface area contributed by atoms with Gasteiger partial charge in [0.2, 0.25) is 0 Å². The van der Waals surface area contributed by atoms with Crippen molar-refractivity contribution in [3.05, 3.63) is 0 Å². The molecule has 0 heterocycles. The number of hydrogen-bond donors (Lipinski definition) is 0. The van der Waals surface area contributed by atoms with Crippen LogP contribution in [0.2, 0.25) is 0 Å². The summed E-state index contributed by atoms with van der Waals surface area (Å²) < 4.78 is 34.1. The van der Waals surface area contributed by atoms with Gasteiger partial charge in [0.25, 0.3) is 0 Å². The van der Waals surface area contributed by atoms with Crippen molar-refractivity contribution in [3.63, 3.8) is 0 Å². The van der Waals surface area contributed by atoms with Crippen molar-refractivity contribution in [2.45, 2.75) is 0 Å². The summed E-state index contributed by atoms with van der Waals surface area (Å²) in [7, 11) is -5.17. The summed E-state index contributed by atoms with van der Waals surface area (Å²) in [4.78, 5) is 0. The Bertz CT molecular complexity index is 94.9. The van der Waals surface area contributed by atoms with Gasteiger partial charge in [-0.3, -0.25) is 8.42 Å². The minimum absolute atomic E-state index is 0. The summed E-state index contributed by atoms with van der Waals surface area (Å²) in [6, 6.07) is 0. The zero-order valence-corrected chi connectivity index (χ0v) is 5.56. The quantitative estimate of drug-likeness (QED) is 0.284. The predicted molar refractivity (Wildman–Crippen MR) is 10.5 cm³/mol. The minimum atomic E-state index is -5.17. The SMILES string of the molecule is O=S(=O)([O-])[O-].[Cu+2].[Fe]. The summed E-state index contributed by atoms with van der Waals surface area (Å²) in [5.41, 5.74) is 0. The Balaban J connectivity index is -0.0000000800. The summed E-state index contributed by atoms with van der Waals surface area (Å²) in [5, 5.41) is 0. The van der Waals surface area contributed by atoms with Gasteiger partial charge in [0.05, 0.1) is 0 Å². The molecule has 0 saturated heterocycles. The van der Waals surface area contributed by atoms with Crippen LogP contribution in [0.1, 0.15) is 0 Å². The minimum Gasteiger partial charge on any atom is -0.759 e. The van der Waals surface area contributed by atoms with E-state index in [2.05, 4.69) is 0 Å². The van der Waals surface area contributed by atoms with Gasteiger partial charge in [-0.25, -0.2) is 0 Å². The van der Waals surface area contributed by atoms with E-state index in [1.54, 1.807) is 0 Å². The van der Waals surface area contributed by atoms with Crippen LogP contribution in [0.4, 0.5) is 0 Å². The Hall–Kier alpha value is 0.909. The zero-order chi connectivity index (χ0) is 4.50. The Morgan fingerprint density at radius 2 is 1.14 bits per heavy atom. The van der Waals surface area contributed by atoms with Crippen LogP contribution < -0.4 is 0 Å². The monoisotopic (exact) mass is 215 g/mol. The molecule has 0 unspecified atom stereocenters. The molecule has 0 aromatic carbocycles. The summed E-state index contributed by atoms with van der Waals surface area (Å²) >= 11 is 0. The molecule has 49 valence electrons. The van der Waals surface area contributed by atoms with Gasteiger partial charge in [-0.1, -0.05) is 0 Å². The van der Waals surface area contributed by atoms with Gasteiger partial charge in [-0.2, -0.15) is 0 Å². The molecular formula is CuFeO4S. The van der Waals surface area contributed by atoms with Crippen molar-refractivity contribution in [3.8, 4) is 0 Å². The first-order valence-electron chi connectivity index (χ1n) is 0.667. The molecule has 0 N–H and O–H groups in total. The normalized spacial score (nSPS) is 8.29. The average Bonchev–Trinajstić information content (AvgIpc) is 0.722. The van der Waals surface area contributed by atoms with Gasteiger partial charge < -0.3 is 9.11 Å². The fourth-order valence-corrected chi connectivity index (χ4v) is 0. The third kappa shape index (κ3) is 202. The van der Waals surface area contributed by atoms with Crippen LogP contribution in [0.3, 0.4) is 0 Å². The zero-order valence-electron chi connectivity index (χ0n) is 2.70. The molecule has 0 fully saturated rings. The molecule has 4 nitrogen and oxygen atoms in total. The molecule has 7 heavy (non-hydrogen) atoms. The third-order valence-corrected chi connectivity index (χ3v) is 0. The van der Waals surface area contributed by atoms with Crippen molar-refractivity contribution in [2.75, 3.05) is 0 Å². The van der Waals surface area contributed by atoms with Gasteiger partial charge in [-0.05, 0) is 0 Å². The van der Waals surface area contributed by atoms with Crippen LogP contribution in [-0.2, 0) is 44.5 Å². The van der Waals surface area contributed by atoms with E-state index in [0.717, 1.165) is 0 Å². The molecular weight excluding hydrogens is 215 g/mol. The van der Waals surface area contributed by atoms with Crippen LogP contribution in [0.25, 0.3) is 0 Å². The van der Waals surface area contributed by atoms with Gasteiger partial charge in [-0.15, -0.1) is 0 Å². The maximum Gasteiger partial charge on any atom is 2.00 e. The van der Waals surface area contributed by atoms with E-state index in [1.165, 1.54) is 0 Å². The van der Waals surface area contributed by atoms with Gasteiger partial charge >= 0.3 is 17.1 Å². The van der Waals surface area contributed by atoms with E-state index in [9.17, 15) is 0 Å². The second-order valence-electron chi connectivity index (χ2n) is 0.408. The molecule has 0 aliphatic rings. The molecule has 1 radical (unpaired) electrons. The average molecular weight is 215 g/mol. The van der Waals surface area contributed by atoms with Crippen LogP contribution in [0.15, 0.2) is 0 Å². The maximum atomic E-state index is 8.52. The summed E-state index contributed by atoms with van der Waals surface area (Å²) in [6.45, 7) is 0. The van der Waals surface area contributed by atoms with Gasteiger partial charge in [0.1, 0.15) is 0 Å². The molecule has 0 saturated carbocycles.